The van der Waals surface area contributed by atoms with E-state index in [2.05, 4.69) is 46.7 Å². The first-order valence-electron chi connectivity index (χ1n) is 12.9. The summed E-state index contributed by atoms with van der Waals surface area (Å²) in [6, 6.07) is 14.0. The molecule has 1 atom stereocenters. The summed E-state index contributed by atoms with van der Waals surface area (Å²) in [5.74, 6) is 1.48. The van der Waals surface area contributed by atoms with Crippen LogP contribution in [0.25, 0.3) is 5.57 Å². The maximum Gasteiger partial charge on any atom is 0.323 e. The minimum Gasteiger partial charge on any atom is -0.493 e. The highest BCUT2D eigenvalue weighted by Crippen LogP contribution is 2.39. The van der Waals surface area contributed by atoms with E-state index in [0.29, 0.717) is 42.1 Å². The van der Waals surface area contributed by atoms with E-state index < -0.39 is 5.41 Å². The lowest BCUT2D eigenvalue weighted by Gasteiger charge is -2.29. The monoisotopic (exact) mass is 531 g/mol. The fourth-order valence-corrected chi connectivity index (χ4v) is 4.45. The highest BCUT2D eigenvalue weighted by Gasteiger charge is 2.38. The molecule has 0 bridgehead atoms. The number of likely N-dealkylation sites (N-methyl/N-ethyl adjacent to an activating group) is 1. The number of nitrogens with zero attached hydrogens (tertiary/aromatic N) is 4. The van der Waals surface area contributed by atoms with Crippen LogP contribution in [0, 0.1) is 6.92 Å². The predicted octanol–water partition coefficient (Wildman–Crippen LogP) is 4.70. The molecule has 3 aromatic rings. The van der Waals surface area contributed by atoms with Crippen LogP contribution < -0.4 is 19.7 Å². The van der Waals surface area contributed by atoms with Gasteiger partial charge in [0, 0.05) is 38.8 Å². The van der Waals surface area contributed by atoms with Crippen LogP contribution in [0.4, 0.5) is 11.7 Å². The average Bonchev–Trinajstić information content (AvgIpc) is 3.41. The van der Waals surface area contributed by atoms with E-state index in [-0.39, 0.29) is 12.3 Å². The topological polar surface area (TPSA) is 93.0 Å². The Labute approximate surface area is 230 Å². The smallest absolute Gasteiger partial charge is 0.323 e. The van der Waals surface area contributed by atoms with Crippen molar-refractivity contribution in [2.75, 3.05) is 58.7 Å². The van der Waals surface area contributed by atoms with Crippen LogP contribution in [0.2, 0.25) is 0 Å². The Kier molecular flexibility index (Phi) is 8.71. The van der Waals surface area contributed by atoms with Gasteiger partial charge < -0.3 is 29.1 Å². The van der Waals surface area contributed by atoms with Gasteiger partial charge in [-0.1, -0.05) is 47.7 Å². The molecule has 0 saturated carbocycles. The van der Waals surface area contributed by atoms with E-state index in [9.17, 15) is 4.79 Å². The molecule has 4 rings (SSSR count). The van der Waals surface area contributed by atoms with E-state index in [1.807, 2.05) is 51.3 Å². The minimum atomic E-state index is -0.758. The molecule has 9 heteroatoms. The van der Waals surface area contributed by atoms with Crippen LogP contribution in [0.1, 0.15) is 29.8 Å². The van der Waals surface area contributed by atoms with Gasteiger partial charge in [-0.2, -0.15) is 4.98 Å². The number of benzene rings is 2. The van der Waals surface area contributed by atoms with Gasteiger partial charge in [0.25, 0.3) is 0 Å². The zero-order valence-electron chi connectivity index (χ0n) is 23.5. The largest absolute Gasteiger partial charge is 0.493 e. The lowest BCUT2D eigenvalue weighted by molar-refractivity contribution is -0.117. The molecule has 1 unspecified atom stereocenters. The van der Waals surface area contributed by atoms with Crippen molar-refractivity contribution in [3.63, 3.8) is 0 Å². The second-order valence-corrected chi connectivity index (χ2v) is 10.2. The Morgan fingerprint density at radius 1 is 1.13 bits per heavy atom. The molecule has 0 saturated heterocycles. The number of carbonyl (C=O) groups is 1. The maximum absolute atomic E-state index is 13.4. The Bertz CT molecular complexity index is 1360. The van der Waals surface area contributed by atoms with Crippen molar-refractivity contribution < 1.29 is 18.8 Å². The van der Waals surface area contributed by atoms with Gasteiger partial charge >= 0.3 is 6.01 Å². The quantitative estimate of drug-likeness (QED) is 0.381. The van der Waals surface area contributed by atoms with Crippen LogP contribution in [0.15, 0.2) is 65.2 Å². The van der Waals surface area contributed by atoms with Crippen LogP contribution in [-0.4, -0.2) is 69.4 Å². The molecule has 1 aromatic heterocycles. The van der Waals surface area contributed by atoms with Crippen LogP contribution >= 0.6 is 0 Å². The Balaban J connectivity index is 1.56. The summed E-state index contributed by atoms with van der Waals surface area (Å²) in [6.45, 7) is 3.34. The molecule has 1 heterocycles. The summed E-state index contributed by atoms with van der Waals surface area (Å²) in [4.78, 5) is 21.8. The SMILES string of the molecule is COc1ccc(NC(=O)CC2(c3noc(N(C)C)n3)C=CC(c3ccccc3C)=CC2)cc1OCCN(C)C. The third-order valence-electron chi connectivity index (χ3n) is 6.69. The Morgan fingerprint density at radius 3 is 2.56 bits per heavy atom. The number of ether oxygens (including phenoxy) is 2. The van der Waals surface area contributed by atoms with Gasteiger partial charge in [-0.25, -0.2) is 0 Å². The molecule has 2 aromatic carbocycles. The molecule has 1 aliphatic rings. The number of aryl methyl sites for hydroxylation is 1. The number of hydrogen-bond donors (Lipinski definition) is 1. The third kappa shape index (κ3) is 6.67. The Morgan fingerprint density at radius 2 is 1.92 bits per heavy atom. The van der Waals surface area contributed by atoms with Gasteiger partial charge in [0.05, 0.1) is 12.5 Å². The molecule has 9 nitrogen and oxygen atoms in total. The average molecular weight is 532 g/mol. The molecular formula is C30H37N5O4. The van der Waals surface area contributed by atoms with Crippen molar-refractivity contribution >= 4 is 23.2 Å². The minimum absolute atomic E-state index is 0.135. The van der Waals surface area contributed by atoms with E-state index in [1.54, 1.807) is 30.2 Å². The van der Waals surface area contributed by atoms with Crippen LogP contribution in [-0.2, 0) is 10.2 Å². The van der Waals surface area contributed by atoms with Crippen molar-refractivity contribution in [1.29, 1.82) is 0 Å². The molecule has 206 valence electrons. The van der Waals surface area contributed by atoms with Crippen LogP contribution in [0.3, 0.4) is 0 Å². The number of carbonyl (C=O) groups excluding carboxylic acids is 1. The van der Waals surface area contributed by atoms with E-state index in [4.69, 9.17) is 14.0 Å². The normalized spacial score (nSPS) is 16.6. The maximum atomic E-state index is 13.4. The van der Waals surface area contributed by atoms with Crippen molar-refractivity contribution in [1.82, 2.24) is 15.0 Å². The summed E-state index contributed by atoms with van der Waals surface area (Å²) >= 11 is 0. The molecule has 0 fully saturated rings. The first-order valence-corrected chi connectivity index (χ1v) is 12.9. The van der Waals surface area contributed by atoms with Crippen molar-refractivity contribution in [2.24, 2.45) is 0 Å². The molecule has 1 aliphatic carbocycles. The van der Waals surface area contributed by atoms with Crippen molar-refractivity contribution in [3.8, 4) is 11.5 Å². The van der Waals surface area contributed by atoms with Gasteiger partial charge in [-0.15, -0.1) is 0 Å². The number of hydrogen-bond acceptors (Lipinski definition) is 8. The number of anilines is 2. The van der Waals surface area contributed by atoms with Gasteiger partial charge in [0.1, 0.15) is 6.61 Å². The summed E-state index contributed by atoms with van der Waals surface area (Å²) in [6.07, 6.45) is 6.91. The molecule has 1 N–H and O–H groups in total. The fourth-order valence-electron chi connectivity index (χ4n) is 4.45. The second kappa shape index (κ2) is 12.2. The van der Waals surface area contributed by atoms with Crippen LogP contribution in [0.5, 0.6) is 11.5 Å². The number of nitrogens with one attached hydrogen (secondary N) is 1. The first-order chi connectivity index (χ1) is 18.7. The number of rotatable bonds is 11. The number of amides is 1. The Hall–Kier alpha value is -4.11. The molecule has 39 heavy (non-hydrogen) atoms. The number of allylic oxidation sites excluding steroid dienone is 4. The summed E-state index contributed by atoms with van der Waals surface area (Å²) in [5, 5.41) is 7.28. The zero-order chi connectivity index (χ0) is 28.0. The molecule has 1 amide bonds. The van der Waals surface area contributed by atoms with Gasteiger partial charge in [-0.05, 0) is 56.3 Å². The molecule has 0 aliphatic heterocycles. The van der Waals surface area contributed by atoms with Crippen molar-refractivity contribution in [2.45, 2.75) is 25.2 Å². The zero-order valence-corrected chi connectivity index (χ0v) is 23.5. The second-order valence-electron chi connectivity index (χ2n) is 10.2. The van der Waals surface area contributed by atoms with E-state index in [1.165, 1.54) is 5.56 Å². The number of methoxy groups -OCH3 is 1. The number of aromatic nitrogens is 2. The van der Waals surface area contributed by atoms with Gasteiger partial charge in [0.15, 0.2) is 17.3 Å². The fraction of sp³-hybridized carbons (Fsp3) is 0.367. The highest BCUT2D eigenvalue weighted by molar-refractivity contribution is 5.92. The van der Waals surface area contributed by atoms with E-state index in [0.717, 1.165) is 17.7 Å². The highest BCUT2D eigenvalue weighted by atomic mass is 16.5. The lowest BCUT2D eigenvalue weighted by Crippen LogP contribution is -2.32. The standard InChI is InChI=1S/C30H37N5O4/c1-21-9-7-8-10-24(21)22-13-15-30(16-14-22,28-32-29(35(4)5)39-33-28)20-27(36)31-23-11-12-25(37-6)26(19-23)38-18-17-34(2)3/h7-15,19H,16-18,20H2,1-6H3,(H,31,36). The van der Waals surface area contributed by atoms with Gasteiger partial charge in [-0.3, -0.25) is 4.79 Å². The first kappa shape index (κ1) is 27.9. The lowest BCUT2D eigenvalue weighted by atomic mass is 9.75. The third-order valence-corrected chi connectivity index (χ3v) is 6.69. The van der Waals surface area contributed by atoms with E-state index >= 15 is 0 Å². The van der Waals surface area contributed by atoms with Gasteiger partial charge in [0.2, 0.25) is 5.91 Å². The molecule has 0 spiro atoms. The summed E-state index contributed by atoms with van der Waals surface area (Å²) in [7, 11) is 9.24. The summed E-state index contributed by atoms with van der Waals surface area (Å²) < 4.78 is 16.8. The molecule has 0 radical (unpaired) electrons. The van der Waals surface area contributed by atoms with Crippen molar-refractivity contribution in [3.05, 3.63) is 77.6 Å². The predicted molar refractivity (Wildman–Crippen MR) is 154 cm³/mol. The summed E-state index contributed by atoms with van der Waals surface area (Å²) in [5.41, 5.74) is 3.32. The molecular weight excluding hydrogens is 494 g/mol.